The SMILES string of the molecule is Ic1cccc(-c2nc(-c3cnc4ccccc4c3)c(-c3ccccc3)[nH]2)c1. The molecule has 0 saturated carbocycles. The Morgan fingerprint density at radius 3 is 2.36 bits per heavy atom. The third-order valence-electron chi connectivity index (χ3n) is 4.73. The van der Waals surface area contributed by atoms with Gasteiger partial charge in [-0.15, -0.1) is 0 Å². The van der Waals surface area contributed by atoms with Crippen molar-refractivity contribution in [2.24, 2.45) is 0 Å². The Bertz CT molecular complexity index is 1280. The molecule has 134 valence electrons. The largest absolute Gasteiger partial charge is 0.337 e. The lowest BCUT2D eigenvalue weighted by Gasteiger charge is -2.04. The first-order valence-electron chi connectivity index (χ1n) is 9.04. The Kier molecular flexibility index (Phi) is 4.41. The highest BCUT2D eigenvalue weighted by atomic mass is 127. The van der Waals surface area contributed by atoms with Crippen molar-refractivity contribution in [2.75, 3.05) is 0 Å². The van der Waals surface area contributed by atoms with E-state index in [0.717, 1.165) is 44.8 Å². The van der Waals surface area contributed by atoms with Crippen LogP contribution in [0.15, 0.2) is 91.1 Å². The third kappa shape index (κ3) is 3.20. The number of hydrogen-bond donors (Lipinski definition) is 1. The van der Waals surface area contributed by atoms with Crippen molar-refractivity contribution < 1.29 is 0 Å². The summed E-state index contributed by atoms with van der Waals surface area (Å²) in [6.07, 6.45) is 1.91. The van der Waals surface area contributed by atoms with Gasteiger partial charge < -0.3 is 4.98 Å². The van der Waals surface area contributed by atoms with Crippen LogP contribution < -0.4 is 0 Å². The maximum absolute atomic E-state index is 4.98. The predicted octanol–water partition coefficient (Wildman–Crippen LogP) is 6.56. The minimum absolute atomic E-state index is 0.862. The molecule has 0 bridgehead atoms. The molecule has 3 nitrogen and oxygen atoms in total. The van der Waals surface area contributed by atoms with Crippen LogP contribution in [0.1, 0.15) is 0 Å². The van der Waals surface area contributed by atoms with Crippen LogP contribution >= 0.6 is 22.6 Å². The summed E-state index contributed by atoms with van der Waals surface area (Å²) in [6, 6.07) is 29.0. The summed E-state index contributed by atoms with van der Waals surface area (Å²) in [6.45, 7) is 0. The number of halogens is 1. The molecule has 0 saturated heterocycles. The van der Waals surface area contributed by atoms with Gasteiger partial charge in [0.2, 0.25) is 0 Å². The van der Waals surface area contributed by atoms with Gasteiger partial charge in [0.1, 0.15) is 5.82 Å². The van der Waals surface area contributed by atoms with Crippen LogP contribution in [0.5, 0.6) is 0 Å². The second kappa shape index (κ2) is 7.20. The molecule has 3 aromatic carbocycles. The quantitative estimate of drug-likeness (QED) is 0.302. The van der Waals surface area contributed by atoms with E-state index >= 15 is 0 Å². The summed E-state index contributed by atoms with van der Waals surface area (Å²) in [5.41, 5.74) is 6.09. The van der Waals surface area contributed by atoms with Crippen LogP contribution in [0.3, 0.4) is 0 Å². The van der Waals surface area contributed by atoms with E-state index in [1.807, 2.05) is 42.6 Å². The van der Waals surface area contributed by atoms with Crippen molar-refractivity contribution in [1.29, 1.82) is 0 Å². The fourth-order valence-electron chi connectivity index (χ4n) is 3.37. The molecule has 0 aliphatic rings. The van der Waals surface area contributed by atoms with Gasteiger partial charge in [0.15, 0.2) is 0 Å². The van der Waals surface area contributed by atoms with Crippen molar-refractivity contribution in [3.63, 3.8) is 0 Å². The Balaban J connectivity index is 1.72. The number of aromatic amines is 1. The van der Waals surface area contributed by atoms with Gasteiger partial charge in [0.25, 0.3) is 0 Å². The second-order valence-electron chi connectivity index (χ2n) is 6.60. The van der Waals surface area contributed by atoms with E-state index in [2.05, 4.69) is 81.1 Å². The summed E-state index contributed by atoms with van der Waals surface area (Å²) in [7, 11) is 0. The number of nitrogens with zero attached hydrogens (tertiary/aromatic N) is 2. The molecule has 5 aromatic rings. The molecular weight excluding hydrogens is 457 g/mol. The van der Waals surface area contributed by atoms with Gasteiger partial charge in [-0.2, -0.15) is 0 Å². The van der Waals surface area contributed by atoms with Gasteiger partial charge in [-0.25, -0.2) is 4.98 Å². The van der Waals surface area contributed by atoms with Crippen molar-refractivity contribution in [3.8, 4) is 33.9 Å². The van der Waals surface area contributed by atoms with Crippen molar-refractivity contribution >= 4 is 33.5 Å². The van der Waals surface area contributed by atoms with E-state index in [9.17, 15) is 0 Å². The number of nitrogens with one attached hydrogen (secondary N) is 1. The maximum Gasteiger partial charge on any atom is 0.138 e. The Morgan fingerprint density at radius 1 is 0.714 bits per heavy atom. The first-order chi connectivity index (χ1) is 13.8. The standard InChI is InChI=1S/C24H16IN3/c25-20-11-6-10-18(14-20)24-27-22(16-7-2-1-3-8-16)23(28-24)19-13-17-9-4-5-12-21(17)26-15-19/h1-15H,(H,27,28). The molecular formula is C24H16IN3. The molecule has 0 radical (unpaired) electrons. The lowest BCUT2D eigenvalue weighted by atomic mass is 10.0. The molecule has 0 fully saturated rings. The number of rotatable bonds is 3. The van der Waals surface area contributed by atoms with Gasteiger partial charge in [-0.3, -0.25) is 4.98 Å². The van der Waals surface area contributed by atoms with Gasteiger partial charge in [-0.05, 0) is 46.9 Å². The number of hydrogen-bond acceptors (Lipinski definition) is 2. The fraction of sp³-hybridized carbons (Fsp3) is 0. The summed E-state index contributed by atoms with van der Waals surface area (Å²) in [5, 5.41) is 1.11. The topological polar surface area (TPSA) is 41.6 Å². The maximum atomic E-state index is 4.98. The zero-order valence-electron chi connectivity index (χ0n) is 14.9. The smallest absolute Gasteiger partial charge is 0.138 e. The number of H-pyrrole nitrogens is 1. The summed E-state index contributed by atoms with van der Waals surface area (Å²) < 4.78 is 1.18. The van der Waals surface area contributed by atoms with Crippen molar-refractivity contribution in [1.82, 2.24) is 15.0 Å². The molecule has 0 atom stereocenters. The second-order valence-corrected chi connectivity index (χ2v) is 7.85. The Hall–Kier alpha value is -2.99. The molecule has 0 unspecified atom stereocenters. The normalized spacial score (nSPS) is 11.0. The number of aromatic nitrogens is 3. The third-order valence-corrected chi connectivity index (χ3v) is 5.40. The highest BCUT2D eigenvalue weighted by Crippen LogP contribution is 2.34. The first-order valence-corrected chi connectivity index (χ1v) is 10.1. The number of benzene rings is 3. The van der Waals surface area contributed by atoms with E-state index in [1.165, 1.54) is 3.57 Å². The summed E-state index contributed by atoms with van der Waals surface area (Å²) in [5.74, 6) is 0.862. The molecule has 1 N–H and O–H groups in total. The zero-order chi connectivity index (χ0) is 18.9. The van der Waals surface area contributed by atoms with E-state index in [-0.39, 0.29) is 0 Å². The van der Waals surface area contributed by atoms with E-state index < -0.39 is 0 Å². The van der Waals surface area contributed by atoms with Gasteiger partial charge >= 0.3 is 0 Å². The highest BCUT2D eigenvalue weighted by molar-refractivity contribution is 14.1. The molecule has 0 amide bonds. The van der Waals surface area contributed by atoms with Crippen LogP contribution in [0, 0.1) is 3.57 Å². The monoisotopic (exact) mass is 473 g/mol. The average Bonchev–Trinajstić information content (AvgIpc) is 3.20. The van der Waals surface area contributed by atoms with Crippen LogP contribution in [0.25, 0.3) is 44.8 Å². The number of fused-ring (bicyclic) bond motifs is 1. The lowest BCUT2D eigenvalue weighted by molar-refractivity contribution is 1.30. The molecule has 0 aliphatic carbocycles. The van der Waals surface area contributed by atoms with Gasteiger partial charge in [0.05, 0.1) is 16.9 Å². The molecule has 4 heteroatoms. The summed E-state index contributed by atoms with van der Waals surface area (Å²) in [4.78, 5) is 13.2. The fourth-order valence-corrected chi connectivity index (χ4v) is 3.91. The Labute approximate surface area is 176 Å². The molecule has 2 aromatic heterocycles. The average molecular weight is 473 g/mol. The number of imidazole rings is 1. The minimum atomic E-state index is 0.862. The van der Waals surface area contributed by atoms with Crippen LogP contribution in [-0.4, -0.2) is 15.0 Å². The van der Waals surface area contributed by atoms with Crippen molar-refractivity contribution in [3.05, 3.63) is 94.7 Å². The highest BCUT2D eigenvalue weighted by Gasteiger charge is 2.16. The van der Waals surface area contributed by atoms with Crippen LogP contribution in [0.4, 0.5) is 0 Å². The minimum Gasteiger partial charge on any atom is -0.337 e. The molecule has 2 heterocycles. The molecule has 0 aliphatic heterocycles. The predicted molar refractivity (Wildman–Crippen MR) is 123 cm³/mol. The van der Waals surface area contributed by atoms with Crippen molar-refractivity contribution in [2.45, 2.75) is 0 Å². The molecule has 28 heavy (non-hydrogen) atoms. The van der Waals surface area contributed by atoms with Gasteiger partial charge in [-0.1, -0.05) is 60.7 Å². The molecule has 5 rings (SSSR count). The number of para-hydroxylation sites is 1. The number of pyridine rings is 1. The summed E-state index contributed by atoms with van der Waals surface area (Å²) >= 11 is 2.33. The first kappa shape index (κ1) is 17.1. The molecule has 0 spiro atoms. The van der Waals surface area contributed by atoms with Crippen LogP contribution in [-0.2, 0) is 0 Å². The Morgan fingerprint density at radius 2 is 1.50 bits per heavy atom. The lowest BCUT2D eigenvalue weighted by Crippen LogP contribution is -1.86. The van der Waals surface area contributed by atoms with Crippen LogP contribution in [0.2, 0.25) is 0 Å². The van der Waals surface area contributed by atoms with E-state index in [4.69, 9.17) is 4.98 Å². The van der Waals surface area contributed by atoms with E-state index in [0.29, 0.717) is 0 Å². The van der Waals surface area contributed by atoms with E-state index in [1.54, 1.807) is 0 Å². The van der Waals surface area contributed by atoms with Gasteiger partial charge in [0, 0.05) is 31.8 Å². The zero-order valence-corrected chi connectivity index (χ0v) is 17.1.